The molecule has 0 saturated carbocycles. The summed E-state index contributed by atoms with van der Waals surface area (Å²) in [7, 11) is 0. The molecule has 6 heterocycles. The Hall–Kier alpha value is -5.98. The fraction of sp³-hybridized carbons (Fsp3) is 0.186. The first-order valence-corrected chi connectivity index (χ1v) is 26.8. The van der Waals surface area contributed by atoms with Gasteiger partial charge in [0.25, 0.3) is 0 Å². The van der Waals surface area contributed by atoms with Crippen molar-refractivity contribution in [1.82, 2.24) is 29.5 Å². The third kappa shape index (κ3) is 11.9. The number of unbranched alkanes of at least 4 members (excludes halogenated alkanes) is 5. The molecule has 17 heteroatoms. The summed E-state index contributed by atoms with van der Waals surface area (Å²) in [4.78, 5) is 37.0. The molecular weight excluding hydrogens is 1120 g/mol. The van der Waals surface area contributed by atoms with Gasteiger partial charge >= 0.3 is 23.0 Å². The number of imidazole rings is 1. The fourth-order valence-electron chi connectivity index (χ4n) is 9.41. The Bertz CT molecular complexity index is 3580. The number of ether oxygens (including phenoxy) is 2. The van der Waals surface area contributed by atoms with E-state index >= 15 is 0 Å². The number of halogens is 6. The van der Waals surface area contributed by atoms with E-state index in [0.29, 0.717) is 163 Å². The molecule has 0 amide bonds. The summed E-state index contributed by atoms with van der Waals surface area (Å²) in [6, 6.07) is 29.4. The molecule has 0 fully saturated rings. The Morgan fingerprint density at radius 3 is 1.22 bits per heavy atom. The topological polar surface area (TPSA) is 128 Å². The molecule has 1 N–H and O–H groups in total. The molecule has 76 heavy (non-hydrogen) atoms. The molecule has 0 radical (unpaired) electrons. The quantitative estimate of drug-likeness (QED) is 0.0622. The molecule has 10 nitrogen and oxygen atoms in total. The van der Waals surface area contributed by atoms with Gasteiger partial charge in [-0.25, -0.2) is 15.0 Å². The molecule has 8 aromatic rings. The molecule has 2 aliphatic heterocycles. The van der Waals surface area contributed by atoms with Gasteiger partial charge in [0.2, 0.25) is 0 Å². The molecular formula is C59H46Cl6MnN6O4+. The molecule has 0 aliphatic carbocycles. The van der Waals surface area contributed by atoms with Gasteiger partial charge in [0.05, 0.1) is 47.9 Å². The van der Waals surface area contributed by atoms with E-state index in [1.807, 2.05) is 79.3 Å². The SMILES string of the molecule is O=C(O)CCCCCOc1cccc(OCCCCCCn2ccnc2)c1-c1c2nc(c(-c3c(Cl)cccc3Cl)c3ccc([n-]3)c(-c3c(Cl)cccc3Cl)c3nc(c(-c4c(Cl)cccc4Cl)c4ccc1[n-]4)C=C3)C=C2.[Mn+3]. The second-order valence-electron chi connectivity index (χ2n) is 17.9. The van der Waals surface area contributed by atoms with Crippen LogP contribution in [-0.2, 0) is 28.4 Å². The number of aromatic nitrogens is 6. The van der Waals surface area contributed by atoms with Crippen LogP contribution in [0.1, 0.15) is 74.1 Å². The van der Waals surface area contributed by atoms with Crippen LogP contribution < -0.4 is 19.4 Å². The summed E-state index contributed by atoms with van der Waals surface area (Å²) < 4.78 is 15.5. The van der Waals surface area contributed by atoms with Crippen molar-refractivity contribution in [2.24, 2.45) is 0 Å². The number of carbonyl (C=O) groups is 1. The molecule has 0 atom stereocenters. The van der Waals surface area contributed by atoms with Gasteiger partial charge in [-0.3, -0.25) is 4.79 Å². The van der Waals surface area contributed by atoms with E-state index in [-0.39, 0.29) is 23.5 Å². The van der Waals surface area contributed by atoms with Gasteiger partial charge in [0.1, 0.15) is 11.5 Å². The van der Waals surface area contributed by atoms with E-state index < -0.39 is 5.97 Å². The Labute approximate surface area is 480 Å². The third-order valence-electron chi connectivity index (χ3n) is 12.9. The number of carboxylic acid groups (broad SMARTS) is 1. The Morgan fingerprint density at radius 1 is 0.474 bits per heavy atom. The average Bonchev–Trinajstić information content (AvgIpc) is 4.31. The van der Waals surface area contributed by atoms with Crippen molar-refractivity contribution < 1.29 is 36.4 Å². The van der Waals surface area contributed by atoms with E-state index in [1.165, 1.54) is 0 Å². The predicted molar refractivity (Wildman–Crippen MR) is 306 cm³/mol. The van der Waals surface area contributed by atoms with E-state index in [2.05, 4.69) is 9.55 Å². The van der Waals surface area contributed by atoms with Crippen LogP contribution in [0.4, 0.5) is 0 Å². The summed E-state index contributed by atoms with van der Waals surface area (Å²) in [6.45, 7) is 1.65. The molecule has 0 saturated heterocycles. The van der Waals surface area contributed by atoms with Gasteiger partial charge in [-0.2, -0.15) is 0 Å². The van der Waals surface area contributed by atoms with Gasteiger partial charge in [-0.15, -0.1) is 22.1 Å². The zero-order valence-corrected chi connectivity index (χ0v) is 46.3. The van der Waals surface area contributed by atoms with Crippen LogP contribution in [0, 0.1) is 0 Å². The van der Waals surface area contributed by atoms with Gasteiger partial charge in [-0.1, -0.05) is 131 Å². The largest absolute Gasteiger partial charge is 3.00 e. The standard InChI is InChI=1S/C59H47Cl6N6O4.Mn/c60-35-12-8-13-36(61)52(35)55-41-21-23-43(67-41)56(53-37(62)14-9-15-38(53)63)45-25-27-47(69-45)58(48-28-26-46(70-48)57(44-24-22-42(55)68-44)54-39(64)16-10-17-40(54)65)59-49(74-32-6-2-1-5-30-71-31-29-66-34-71)18-11-19-50(59)75-33-7-3-4-20-51(72)73;/h8-19,21-29,31,34H,1-7,20,30,32-33H2,(H2-,67,68,69,70,72,73);/q-1;+3/p-1. The molecule has 0 spiro atoms. The number of fused-ring (bicyclic) bond motifs is 8. The van der Waals surface area contributed by atoms with Crippen LogP contribution in [0.2, 0.25) is 30.1 Å². The first-order valence-electron chi connectivity index (χ1n) is 24.5. The minimum Gasteiger partial charge on any atom is -0.657 e. The summed E-state index contributed by atoms with van der Waals surface area (Å²) in [6.07, 6.45) is 18.9. The number of hydrogen-bond acceptors (Lipinski definition) is 6. The van der Waals surface area contributed by atoms with Crippen LogP contribution >= 0.6 is 69.6 Å². The maximum Gasteiger partial charge on any atom is 3.00 e. The third-order valence-corrected chi connectivity index (χ3v) is 14.8. The van der Waals surface area contributed by atoms with Gasteiger partial charge in [0, 0.05) is 77.7 Å². The smallest absolute Gasteiger partial charge is 0.657 e. The fourth-order valence-corrected chi connectivity index (χ4v) is 11.2. The minimum absolute atomic E-state index is 0. The predicted octanol–water partition coefficient (Wildman–Crippen LogP) is 17.4. The normalized spacial score (nSPS) is 11.8. The van der Waals surface area contributed by atoms with Gasteiger partial charge < -0.3 is 29.1 Å². The molecule has 384 valence electrons. The van der Waals surface area contributed by atoms with Crippen molar-refractivity contribution in [2.75, 3.05) is 13.2 Å². The van der Waals surface area contributed by atoms with Crippen molar-refractivity contribution in [3.63, 3.8) is 0 Å². The number of rotatable bonds is 19. The summed E-state index contributed by atoms with van der Waals surface area (Å²) in [5, 5.41) is 11.7. The van der Waals surface area contributed by atoms with Crippen LogP contribution in [0.15, 0.2) is 116 Å². The Balaban J connectivity index is 0.00000706. The first-order chi connectivity index (χ1) is 36.5. The zero-order chi connectivity index (χ0) is 52.0. The number of carboxylic acids is 1. The molecule has 0 unspecified atom stereocenters. The average molecular weight is 1170 g/mol. The van der Waals surface area contributed by atoms with E-state index in [9.17, 15) is 9.90 Å². The molecule has 10 rings (SSSR count). The Morgan fingerprint density at radius 2 is 0.842 bits per heavy atom. The van der Waals surface area contributed by atoms with Crippen molar-refractivity contribution in [3.8, 4) is 56.0 Å². The van der Waals surface area contributed by atoms with E-state index in [0.717, 1.165) is 32.2 Å². The molecule has 2 aliphatic rings. The maximum atomic E-state index is 11.3. The first kappa shape index (κ1) is 54.8. The number of benzene rings is 4. The molecule has 4 aromatic heterocycles. The van der Waals surface area contributed by atoms with Crippen molar-refractivity contribution >= 4 is 122 Å². The summed E-state index contributed by atoms with van der Waals surface area (Å²) in [5.74, 6) is 0.273. The van der Waals surface area contributed by atoms with Gasteiger partial charge in [-0.05, 0) is 122 Å². The zero-order valence-electron chi connectivity index (χ0n) is 40.6. The van der Waals surface area contributed by atoms with Gasteiger partial charge in [0.15, 0.2) is 0 Å². The van der Waals surface area contributed by atoms with Crippen molar-refractivity contribution in [3.05, 3.63) is 169 Å². The second-order valence-corrected chi connectivity index (χ2v) is 20.3. The summed E-state index contributed by atoms with van der Waals surface area (Å²) >= 11 is 42.5. The summed E-state index contributed by atoms with van der Waals surface area (Å²) in [5.41, 5.74) is 8.81. The number of aryl methyl sites for hydroxylation is 1. The van der Waals surface area contributed by atoms with Crippen LogP contribution in [0.25, 0.3) is 90.9 Å². The molecule has 4 aromatic carbocycles. The minimum atomic E-state index is -0.829. The number of nitrogens with zero attached hydrogens (tertiary/aromatic N) is 6. The number of hydrogen-bond donors (Lipinski definition) is 1. The molecule has 8 bridgehead atoms. The maximum absolute atomic E-state index is 11.3. The van der Waals surface area contributed by atoms with Crippen LogP contribution in [0.5, 0.6) is 11.5 Å². The second kappa shape index (κ2) is 25.0. The van der Waals surface area contributed by atoms with Crippen molar-refractivity contribution in [2.45, 2.75) is 57.9 Å². The monoisotopic (exact) mass is 1170 g/mol. The van der Waals surface area contributed by atoms with E-state index in [1.54, 1.807) is 60.8 Å². The Kier molecular flexibility index (Phi) is 18.0. The van der Waals surface area contributed by atoms with Crippen molar-refractivity contribution in [1.29, 1.82) is 0 Å². The van der Waals surface area contributed by atoms with Crippen LogP contribution in [-0.4, -0.2) is 43.8 Å². The number of aliphatic carboxylic acids is 1. The van der Waals surface area contributed by atoms with Crippen LogP contribution in [0.3, 0.4) is 0 Å². The van der Waals surface area contributed by atoms with E-state index in [4.69, 9.17) is 99.0 Å².